The van der Waals surface area contributed by atoms with Crippen LogP contribution in [-0.2, 0) is 4.79 Å². The first kappa shape index (κ1) is 12.1. The van der Waals surface area contributed by atoms with Crippen LogP contribution in [0, 0.1) is 18.3 Å². The lowest BCUT2D eigenvalue weighted by Crippen LogP contribution is -2.13. The van der Waals surface area contributed by atoms with Gasteiger partial charge in [0.15, 0.2) is 0 Å². The molecule has 0 aliphatic carbocycles. The van der Waals surface area contributed by atoms with Crippen molar-refractivity contribution in [2.45, 2.75) is 26.8 Å². The SMILES string of the molecule is CC(=O)Nc1ccc(C)c(NC(C)C#N)c1. The van der Waals surface area contributed by atoms with E-state index in [1.807, 2.05) is 25.1 Å². The van der Waals surface area contributed by atoms with Crippen LogP contribution < -0.4 is 10.6 Å². The third kappa shape index (κ3) is 3.28. The van der Waals surface area contributed by atoms with E-state index in [-0.39, 0.29) is 11.9 Å². The maximum atomic E-state index is 10.9. The van der Waals surface area contributed by atoms with Gasteiger partial charge in [0.25, 0.3) is 0 Å². The van der Waals surface area contributed by atoms with E-state index in [4.69, 9.17) is 5.26 Å². The number of benzene rings is 1. The van der Waals surface area contributed by atoms with E-state index >= 15 is 0 Å². The average molecular weight is 217 g/mol. The molecule has 0 spiro atoms. The van der Waals surface area contributed by atoms with Crippen molar-refractivity contribution in [1.82, 2.24) is 0 Å². The highest BCUT2D eigenvalue weighted by Crippen LogP contribution is 2.20. The topological polar surface area (TPSA) is 64.9 Å². The van der Waals surface area contributed by atoms with Crippen molar-refractivity contribution < 1.29 is 4.79 Å². The van der Waals surface area contributed by atoms with Crippen molar-refractivity contribution >= 4 is 17.3 Å². The standard InChI is InChI=1S/C12H15N3O/c1-8-4-5-11(15-10(3)16)6-12(8)14-9(2)7-13/h4-6,9,14H,1-3H3,(H,15,16). The summed E-state index contributed by atoms with van der Waals surface area (Å²) in [5.74, 6) is -0.108. The zero-order chi connectivity index (χ0) is 12.1. The Morgan fingerprint density at radius 2 is 2.19 bits per heavy atom. The molecule has 0 fully saturated rings. The first-order valence-corrected chi connectivity index (χ1v) is 5.07. The molecule has 4 nitrogen and oxygen atoms in total. The molecule has 0 bridgehead atoms. The molecule has 0 aliphatic rings. The number of hydrogen-bond donors (Lipinski definition) is 2. The zero-order valence-corrected chi connectivity index (χ0v) is 9.66. The van der Waals surface area contributed by atoms with Gasteiger partial charge in [0, 0.05) is 18.3 Å². The molecule has 0 radical (unpaired) electrons. The summed E-state index contributed by atoms with van der Waals surface area (Å²) in [4.78, 5) is 10.9. The van der Waals surface area contributed by atoms with Gasteiger partial charge in [-0.15, -0.1) is 0 Å². The third-order valence-electron chi connectivity index (χ3n) is 2.12. The van der Waals surface area contributed by atoms with Gasteiger partial charge in [0.2, 0.25) is 5.91 Å². The largest absolute Gasteiger partial charge is 0.370 e. The minimum absolute atomic E-state index is 0.108. The molecule has 1 aromatic rings. The molecule has 16 heavy (non-hydrogen) atoms. The maximum Gasteiger partial charge on any atom is 0.221 e. The van der Waals surface area contributed by atoms with Gasteiger partial charge in [0.05, 0.1) is 6.07 Å². The molecule has 1 unspecified atom stereocenters. The van der Waals surface area contributed by atoms with Gasteiger partial charge in [-0.25, -0.2) is 0 Å². The number of nitrogens with zero attached hydrogens (tertiary/aromatic N) is 1. The zero-order valence-electron chi connectivity index (χ0n) is 9.66. The predicted octanol–water partition coefficient (Wildman–Crippen LogP) is 2.28. The van der Waals surface area contributed by atoms with E-state index < -0.39 is 0 Å². The molecule has 2 N–H and O–H groups in total. The summed E-state index contributed by atoms with van der Waals surface area (Å²) in [5.41, 5.74) is 2.63. The highest BCUT2D eigenvalue weighted by Gasteiger charge is 2.04. The van der Waals surface area contributed by atoms with Gasteiger partial charge in [-0.2, -0.15) is 5.26 Å². The molecule has 0 aliphatic heterocycles. The molecule has 1 rings (SSSR count). The third-order valence-corrected chi connectivity index (χ3v) is 2.12. The minimum atomic E-state index is -0.258. The van der Waals surface area contributed by atoms with Crippen molar-refractivity contribution in [3.05, 3.63) is 23.8 Å². The fourth-order valence-corrected chi connectivity index (χ4v) is 1.32. The van der Waals surface area contributed by atoms with Crippen LogP contribution >= 0.6 is 0 Å². The molecule has 0 aromatic heterocycles. The quantitative estimate of drug-likeness (QED) is 0.816. The van der Waals surface area contributed by atoms with Gasteiger partial charge >= 0.3 is 0 Å². The van der Waals surface area contributed by atoms with Gasteiger partial charge in [0.1, 0.15) is 6.04 Å². The monoisotopic (exact) mass is 217 g/mol. The fourth-order valence-electron chi connectivity index (χ4n) is 1.32. The number of hydrogen-bond acceptors (Lipinski definition) is 3. The van der Waals surface area contributed by atoms with Crippen LogP contribution in [0.1, 0.15) is 19.4 Å². The van der Waals surface area contributed by atoms with Crippen molar-refractivity contribution in [3.63, 3.8) is 0 Å². The number of nitriles is 1. The first-order chi connectivity index (χ1) is 7.52. The summed E-state index contributed by atoms with van der Waals surface area (Å²) in [5, 5.41) is 14.5. The Kier molecular flexibility index (Phi) is 3.90. The second kappa shape index (κ2) is 5.17. The number of carbonyl (C=O) groups is 1. The number of amides is 1. The summed E-state index contributed by atoms with van der Waals surface area (Å²) < 4.78 is 0. The lowest BCUT2D eigenvalue weighted by molar-refractivity contribution is -0.114. The number of anilines is 2. The van der Waals surface area contributed by atoms with E-state index in [0.29, 0.717) is 0 Å². The molecule has 84 valence electrons. The number of nitrogens with one attached hydrogen (secondary N) is 2. The van der Waals surface area contributed by atoms with Crippen molar-refractivity contribution in [2.75, 3.05) is 10.6 Å². The molecule has 0 saturated carbocycles. The van der Waals surface area contributed by atoms with Gasteiger partial charge in [-0.05, 0) is 31.5 Å². The molecule has 0 saturated heterocycles. The van der Waals surface area contributed by atoms with E-state index in [9.17, 15) is 4.79 Å². The van der Waals surface area contributed by atoms with Crippen LogP contribution in [0.25, 0.3) is 0 Å². The summed E-state index contributed by atoms with van der Waals surface area (Å²) in [6, 6.07) is 7.40. The van der Waals surface area contributed by atoms with Crippen LogP contribution in [0.5, 0.6) is 0 Å². The smallest absolute Gasteiger partial charge is 0.221 e. The van der Waals surface area contributed by atoms with Crippen molar-refractivity contribution in [1.29, 1.82) is 5.26 Å². The maximum absolute atomic E-state index is 10.9. The van der Waals surface area contributed by atoms with Crippen LogP contribution in [0.3, 0.4) is 0 Å². The number of carbonyl (C=O) groups excluding carboxylic acids is 1. The predicted molar refractivity (Wildman–Crippen MR) is 64.2 cm³/mol. The summed E-state index contributed by atoms with van der Waals surface area (Å²) in [7, 11) is 0. The Labute approximate surface area is 95.3 Å². The normalized spacial score (nSPS) is 11.4. The highest BCUT2D eigenvalue weighted by atomic mass is 16.1. The summed E-state index contributed by atoms with van der Waals surface area (Å²) in [6.45, 7) is 5.19. The lowest BCUT2D eigenvalue weighted by atomic mass is 10.1. The molecule has 1 aromatic carbocycles. The van der Waals surface area contributed by atoms with Crippen molar-refractivity contribution in [3.8, 4) is 6.07 Å². The number of aryl methyl sites for hydroxylation is 1. The van der Waals surface area contributed by atoms with E-state index in [0.717, 1.165) is 16.9 Å². The Balaban J connectivity index is 2.91. The Hall–Kier alpha value is -2.02. The average Bonchev–Trinajstić information content (AvgIpc) is 2.22. The van der Waals surface area contributed by atoms with Crippen LogP contribution in [0.4, 0.5) is 11.4 Å². The Morgan fingerprint density at radius 3 is 2.75 bits per heavy atom. The van der Waals surface area contributed by atoms with Crippen LogP contribution in [0.2, 0.25) is 0 Å². The number of rotatable bonds is 3. The highest BCUT2D eigenvalue weighted by molar-refractivity contribution is 5.89. The summed E-state index contributed by atoms with van der Waals surface area (Å²) >= 11 is 0. The second-order valence-corrected chi connectivity index (χ2v) is 3.71. The second-order valence-electron chi connectivity index (χ2n) is 3.71. The molecule has 4 heteroatoms. The first-order valence-electron chi connectivity index (χ1n) is 5.07. The van der Waals surface area contributed by atoms with Crippen LogP contribution in [0.15, 0.2) is 18.2 Å². The fraction of sp³-hybridized carbons (Fsp3) is 0.333. The lowest BCUT2D eigenvalue weighted by Gasteiger charge is -2.12. The van der Waals surface area contributed by atoms with Crippen LogP contribution in [-0.4, -0.2) is 11.9 Å². The van der Waals surface area contributed by atoms with E-state index in [1.54, 1.807) is 6.92 Å². The van der Waals surface area contributed by atoms with Gasteiger partial charge in [-0.3, -0.25) is 4.79 Å². The minimum Gasteiger partial charge on any atom is -0.370 e. The van der Waals surface area contributed by atoms with E-state index in [1.165, 1.54) is 6.92 Å². The molecule has 1 amide bonds. The van der Waals surface area contributed by atoms with Gasteiger partial charge < -0.3 is 10.6 Å². The molecular formula is C12H15N3O. The van der Waals surface area contributed by atoms with E-state index in [2.05, 4.69) is 16.7 Å². The molecule has 1 atom stereocenters. The van der Waals surface area contributed by atoms with Crippen molar-refractivity contribution in [2.24, 2.45) is 0 Å². The summed E-state index contributed by atoms with van der Waals surface area (Å²) in [6.07, 6.45) is 0. The van der Waals surface area contributed by atoms with Gasteiger partial charge in [-0.1, -0.05) is 6.07 Å². The Morgan fingerprint density at radius 1 is 1.50 bits per heavy atom. The molecule has 0 heterocycles. The Bertz CT molecular complexity index is 434. The molecular weight excluding hydrogens is 202 g/mol.